The van der Waals surface area contributed by atoms with Crippen molar-refractivity contribution in [1.82, 2.24) is 20.6 Å². The average Bonchev–Trinajstić information content (AvgIpc) is 2.70. The first-order valence-corrected chi connectivity index (χ1v) is 9.00. The standard InChI is InChI=1S/C11H16N2.C9H9N5/c1-2-4-10(5-3-1)8-11-9-12-6-7-13-11;10-9(11)14-8-6-3-1-2-4-7(6)12-5-13-8/h1-5,11-13H,6-9H2;1-5H,(H4,10,11,12,13,14). The largest absolute Gasteiger partial charge is 0.370 e. The number of hydrogen-bond acceptors (Lipinski definition) is 5. The molecule has 1 unspecified atom stereocenters. The molecule has 1 aliphatic heterocycles. The highest BCUT2D eigenvalue weighted by atomic mass is 15.1. The molecule has 0 bridgehead atoms. The number of guanidine groups is 1. The van der Waals surface area contributed by atoms with E-state index in [1.165, 1.54) is 11.9 Å². The Morgan fingerprint density at radius 2 is 1.78 bits per heavy atom. The van der Waals surface area contributed by atoms with Gasteiger partial charge in [-0.25, -0.2) is 9.97 Å². The molecule has 0 saturated carbocycles. The summed E-state index contributed by atoms with van der Waals surface area (Å²) in [5.41, 5.74) is 12.8. The number of nitrogens with one attached hydrogen (secondary N) is 2. The number of rotatable bonds is 3. The van der Waals surface area contributed by atoms with Crippen LogP contribution in [0.25, 0.3) is 10.9 Å². The number of nitrogens with zero attached hydrogens (tertiary/aromatic N) is 3. The molecule has 2 heterocycles. The highest BCUT2D eigenvalue weighted by Gasteiger charge is 2.11. The van der Waals surface area contributed by atoms with Crippen LogP contribution < -0.4 is 22.1 Å². The van der Waals surface area contributed by atoms with Gasteiger partial charge in [0, 0.05) is 31.1 Å². The SMILES string of the molecule is NC(N)=Nc1ncnc2ccccc12.c1ccc(CC2CNCCN2)cc1. The number of para-hydroxylation sites is 1. The molecule has 0 radical (unpaired) electrons. The van der Waals surface area contributed by atoms with E-state index in [1.807, 2.05) is 24.3 Å². The molecule has 0 aliphatic carbocycles. The molecule has 4 rings (SSSR count). The summed E-state index contributed by atoms with van der Waals surface area (Å²) in [6.07, 6.45) is 2.57. The normalized spacial score (nSPS) is 16.2. The van der Waals surface area contributed by atoms with E-state index in [0.29, 0.717) is 11.9 Å². The van der Waals surface area contributed by atoms with Gasteiger partial charge in [-0.3, -0.25) is 0 Å². The zero-order valence-electron chi connectivity index (χ0n) is 15.2. The van der Waals surface area contributed by atoms with Crippen LogP contribution in [0.3, 0.4) is 0 Å². The van der Waals surface area contributed by atoms with E-state index in [-0.39, 0.29) is 5.96 Å². The van der Waals surface area contributed by atoms with E-state index < -0.39 is 0 Å². The van der Waals surface area contributed by atoms with Gasteiger partial charge >= 0.3 is 0 Å². The smallest absolute Gasteiger partial charge is 0.192 e. The van der Waals surface area contributed by atoms with Crippen molar-refractivity contribution < 1.29 is 0 Å². The zero-order chi connectivity index (χ0) is 18.9. The summed E-state index contributed by atoms with van der Waals surface area (Å²) < 4.78 is 0. The first-order chi connectivity index (χ1) is 13.2. The van der Waals surface area contributed by atoms with Crippen LogP contribution >= 0.6 is 0 Å². The van der Waals surface area contributed by atoms with Crippen LogP contribution in [-0.2, 0) is 6.42 Å². The summed E-state index contributed by atoms with van der Waals surface area (Å²) in [7, 11) is 0. The summed E-state index contributed by atoms with van der Waals surface area (Å²) >= 11 is 0. The van der Waals surface area contributed by atoms with Crippen LogP contribution in [0.4, 0.5) is 5.82 Å². The second-order valence-electron chi connectivity index (χ2n) is 6.30. The van der Waals surface area contributed by atoms with Gasteiger partial charge < -0.3 is 22.1 Å². The first kappa shape index (κ1) is 18.8. The third-order valence-electron chi connectivity index (χ3n) is 4.21. The van der Waals surface area contributed by atoms with Gasteiger partial charge in [0.05, 0.1) is 5.52 Å². The predicted octanol–water partition coefficient (Wildman–Crippen LogP) is 1.33. The molecular formula is C20H25N7. The molecule has 1 aliphatic rings. The first-order valence-electron chi connectivity index (χ1n) is 9.00. The fourth-order valence-corrected chi connectivity index (χ4v) is 2.96. The summed E-state index contributed by atoms with van der Waals surface area (Å²) in [6.45, 7) is 3.29. The summed E-state index contributed by atoms with van der Waals surface area (Å²) in [5, 5.41) is 7.73. The zero-order valence-corrected chi connectivity index (χ0v) is 15.2. The Labute approximate surface area is 158 Å². The van der Waals surface area contributed by atoms with Crippen LogP contribution in [0, 0.1) is 0 Å². The van der Waals surface area contributed by atoms with E-state index in [1.54, 1.807) is 0 Å². The van der Waals surface area contributed by atoms with Gasteiger partial charge in [0.15, 0.2) is 11.8 Å². The van der Waals surface area contributed by atoms with E-state index in [4.69, 9.17) is 11.5 Å². The van der Waals surface area contributed by atoms with Crippen molar-refractivity contribution in [3.05, 3.63) is 66.5 Å². The van der Waals surface area contributed by atoms with Gasteiger partial charge in [-0.05, 0) is 24.1 Å². The molecule has 2 aromatic carbocycles. The van der Waals surface area contributed by atoms with E-state index in [9.17, 15) is 0 Å². The molecule has 27 heavy (non-hydrogen) atoms. The molecule has 0 amide bonds. The van der Waals surface area contributed by atoms with Crippen LogP contribution in [0.15, 0.2) is 65.9 Å². The number of hydrogen-bond donors (Lipinski definition) is 4. The quantitative estimate of drug-likeness (QED) is 0.412. The third kappa shape index (κ3) is 5.73. The Kier molecular flexibility index (Phi) is 6.67. The fourth-order valence-electron chi connectivity index (χ4n) is 2.96. The topological polar surface area (TPSA) is 114 Å². The molecule has 3 aromatic rings. The molecule has 7 nitrogen and oxygen atoms in total. The van der Waals surface area contributed by atoms with Crippen LogP contribution in [0.2, 0.25) is 0 Å². The van der Waals surface area contributed by atoms with Crippen molar-refractivity contribution in [3.63, 3.8) is 0 Å². The van der Waals surface area contributed by atoms with Crippen molar-refractivity contribution in [2.45, 2.75) is 12.5 Å². The molecule has 140 valence electrons. The van der Waals surface area contributed by atoms with Crippen molar-refractivity contribution in [1.29, 1.82) is 0 Å². The molecule has 1 atom stereocenters. The average molecular weight is 363 g/mol. The Morgan fingerprint density at radius 3 is 2.52 bits per heavy atom. The van der Waals surface area contributed by atoms with E-state index in [2.05, 4.69) is 55.9 Å². The maximum absolute atomic E-state index is 5.28. The van der Waals surface area contributed by atoms with Gasteiger partial charge in [-0.1, -0.05) is 42.5 Å². The number of piperazine rings is 1. The van der Waals surface area contributed by atoms with Gasteiger partial charge in [0.2, 0.25) is 0 Å². The summed E-state index contributed by atoms with van der Waals surface area (Å²) in [6, 6.07) is 18.8. The van der Waals surface area contributed by atoms with Gasteiger partial charge in [0.1, 0.15) is 6.33 Å². The Morgan fingerprint density at radius 1 is 1.00 bits per heavy atom. The van der Waals surface area contributed by atoms with Crippen LogP contribution in [-0.4, -0.2) is 41.6 Å². The molecule has 0 spiro atoms. The Balaban J connectivity index is 0.000000156. The van der Waals surface area contributed by atoms with Gasteiger partial charge in [0.25, 0.3) is 0 Å². The highest BCUT2D eigenvalue weighted by molar-refractivity contribution is 5.90. The number of benzene rings is 2. The maximum Gasteiger partial charge on any atom is 0.192 e. The second kappa shape index (κ2) is 9.61. The molecule has 6 N–H and O–H groups in total. The summed E-state index contributed by atoms with van der Waals surface area (Å²) in [5.74, 6) is 0.490. The maximum atomic E-state index is 5.28. The van der Waals surface area contributed by atoms with Crippen molar-refractivity contribution in [2.24, 2.45) is 16.5 Å². The van der Waals surface area contributed by atoms with Crippen molar-refractivity contribution in [2.75, 3.05) is 19.6 Å². The minimum absolute atomic E-state index is 0.00569. The lowest BCUT2D eigenvalue weighted by atomic mass is 10.1. The number of aromatic nitrogens is 2. The predicted molar refractivity (Wildman–Crippen MR) is 110 cm³/mol. The van der Waals surface area contributed by atoms with Crippen molar-refractivity contribution in [3.8, 4) is 0 Å². The van der Waals surface area contributed by atoms with E-state index >= 15 is 0 Å². The summed E-state index contributed by atoms with van der Waals surface area (Å²) in [4.78, 5) is 12.0. The lowest BCUT2D eigenvalue weighted by Crippen LogP contribution is -2.49. The lowest BCUT2D eigenvalue weighted by Gasteiger charge is -2.24. The van der Waals surface area contributed by atoms with Crippen LogP contribution in [0.5, 0.6) is 0 Å². The fraction of sp³-hybridized carbons (Fsp3) is 0.250. The van der Waals surface area contributed by atoms with E-state index in [0.717, 1.165) is 37.0 Å². The minimum Gasteiger partial charge on any atom is -0.370 e. The lowest BCUT2D eigenvalue weighted by molar-refractivity contribution is 0.416. The number of fused-ring (bicyclic) bond motifs is 1. The Bertz CT molecular complexity index is 864. The Hall–Kier alpha value is -3.03. The monoisotopic (exact) mass is 363 g/mol. The minimum atomic E-state index is -0.00569. The molecular weight excluding hydrogens is 338 g/mol. The number of nitrogens with two attached hydrogens (primary N) is 2. The molecule has 1 fully saturated rings. The van der Waals surface area contributed by atoms with Crippen LogP contribution in [0.1, 0.15) is 5.56 Å². The van der Waals surface area contributed by atoms with Gasteiger partial charge in [-0.2, -0.15) is 4.99 Å². The third-order valence-corrected chi connectivity index (χ3v) is 4.21. The molecule has 7 heteroatoms. The molecule has 1 aromatic heterocycles. The van der Waals surface area contributed by atoms with Crippen molar-refractivity contribution >= 4 is 22.7 Å². The number of aliphatic imine (C=N–C) groups is 1. The van der Waals surface area contributed by atoms with Gasteiger partial charge in [-0.15, -0.1) is 0 Å². The second-order valence-corrected chi connectivity index (χ2v) is 6.30. The highest BCUT2D eigenvalue weighted by Crippen LogP contribution is 2.20. The molecule has 1 saturated heterocycles.